The van der Waals surface area contributed by atoms with Crippen LogP contribution in [0.4, 0.5) is 0 Å². The highest BCUT2D eigenvalue weighted by atomic mass is 32.1. The van der Waals surface area contributed by atoms with Gasteiger partial charge in [0.15, 0.2) is 6.61 Å². The number of pyridine rings is 1. The van der Waals surface area contributed by atoms with E-state index in [9.17, 15) is 14.4 Å². The first kappa shape index (κ1) is 19.9. The minimum Gasteiger partial charge on any atom is -0.484 e. The molecule has 0 spiro atoms. The summed E-state index contributed by atoms with van der Waals surface area (Å²) in [4.78, 5) is 42.9. The molecule has 8 heteroatoms. The van der Waals surface area contributed by atoms with E-state index in [0.717, 1.165) is 10.4 Å². The number of carbonyl (C=O) groups is 2. The van der Waals surface area contributed by atoms with Gasteiger partial charge in [0.25, 0.3) is 17.4 Å². The van der Waals surface area contributed by atoms with Gasteiger partial charge in [-0.05, 0) is 41.1 Å². The van der Waals surface area contributed by atoms with E-state index in [1.807, 2.05) is 35.7 Å². The summed E-state index contributed by atoms with van der Waals surface area (Å²) in [7, 11) is 0. The third-order valence-electron chi connectivity index (χ3n) is 4.98. The van der Waals surface area contributed by atoms with E-state index in [0.29, 0.717) is 37.4 Å². The molecule has 154 valence electrons. The molecule has 1 aromatic carbocycles. The van der Waals surface area contributed by atoms with Crippen LogP contribution in [-0.4, -0.2) is 34.8 Å². The van der Waals surface area contributed by atoms with Gasteiger partial charge >= 0.3 is 0 Å². The molecular weight excluding hydrogens is 402 g/mol. The summed E-state index contributed by atoms with van der Waals surface area (Å²) in [6, 6.07) is 13.0. The van der Waals surface area contributed by atoms with Crippen molar-refractivity contribution in [3.63, 3.8) is 0 Å². The third-order valence-corrected chi connectivity index (χ3v) is 5.85. The number of amides is 2. The van der Waals surface area contributed by atoms with Crippen molar-refractivity contribution >= 4 is 23.2 Å². The number of carbonyl (C=O) groups excluding carboxylic acids is 2. The number of hydrogen-bond donors (Lipinski definition) is 2. The molecule has 3 aromatic rings. The number of H-pyrrole nitrogens is 1. The van der Waals surface area contributed by atoms with Crippen molar-refractivity contribution in [2.75, 3.05) is 13.2 Å². The molecule has 0 radical (unpaired) electrons. The van der Waals surface area contributed by atoms with E-state index in [1.54, 1.807) is 34.6 Å². The molecule has 2 aromatic heterocycles. The van der Waals surface area contributed by atoms with Gasteiger partial charge in [-0.2, -0.15) is 0 Å². The summed E-state index contributed by atoms with van der Waals surface area (Å²) in [5.41, 5.74) is 1.20. The lowest BCUT2D eigenvalue weighted by Crippen LogP contribution is -2.41. The van der Waals surface area contributed by atoms with Crippen LogP contribution in [0.25, 0.3) is 0 Å². The van der Waals surface area contributed by atoms with Gasteiger partial charge in [0.05, 0.1) is 6.54 Å². The van der Waals surface area contributed by atoms with Crippen LogP contribution in [0.2, 0.25) is 0 Å². The quantitative estimate of drug-likeness (QED) is 0.637. The largest absolute Gasteiger partial charge is 0.484 e. The number of fused-ring (bicyclic) bond motifs is 1. The standard InChI is InChI=1S/C22H21N3O4S/c26-19(14-29-16-5-2-1-3-6-16)25-9-8-18-15(13-25)11-23-21(27)20(18)22(28)24-12-17-7-4-10-30-17/h1-7,10-11H,8-9,12-14H2,(H,23,27)(H,24,28). The van der Waals surface area contributed by atoms with Gasteiger partial charge in [0.1, 0.15) is 11.3 Å². The topological polar surface area (TPSA) is 91.5 Å². The first-order valence-corrected chi connectivity index (χ1v) is 10.5. The minimum atomic E-state index is -0.412. The van der Waals surface area contributed by atoms with E-state index in [4.69, 9.17) is 4.74 Å². The van der Waals surface area contributed by atoms with E-state index < -0.39 is 11.5 Å². The highest BCUT2D eigenvalue weighted by Crippen LogP contribution is 2.20. The van der Waals surface area contributed by atoms with Gasteiger partial charge in [0.2, 0.25) is 0 Å². The summed E-state index contributed by atoms with van der Waals surface area (Å²) in [5.74, 6) is 0.102. The van der Waals surface area contributed by atoms with Crippen LogP contribution in [0.1, 0.15) is 26.4 Å². The van der Waals surface area contributed by atoms with Crippen LogP contribution in [0.15, 0.2) is 58.8 Å². The zero-order valence-corrected chi connectivity index (χ0v) is 17.0. The summed E-state index contributed by atoms with van der Waals surface area (Å²) in [6.45, 7) is 1.07. The molecule has 0 aliphatic carbocycles. The van der Waals surface area contributed by atoms with E-state index in [-0.39, 0.29) is 18.1 Å². The average molecular weight is 423 g/mol. The first-order valence-electron chi connectivity index (χ1n) is 9.61. The Labute approximate surface area is 177 Å². The van der Waals surface area contributed by atoms with Crippen molar-refractivity contribution < 1.29 is 14.3 Å². The van der Waals surface area contributed by atoms with Crippen LogP contribution in [0, 0.1) is 0 Å². The number of para-hydroxylation sites is 1. The van der Waals surface area contributed by atoms with Gasteiger partial charge in [-0.25, -0.2) is 0 Å². The molecule has 4 rings (SSSR count). The van der Waals surface area contributed by atoms with E-state index >= 15 is 0 Å². The molecule has 0 unspecified atom stereocenters. The van der Waals surface area contributed by atoms with Crippen molar-refractivity contribution in [2.45, 2.75) is 19.5 Å². The zero-order chi connectivity index (χ0) is 20.9. The van der Waals surface area contributed by atoms with Gasteiger partial charge in [0, 0.05) is 24.2 Å². The number of benzene rings is 1. The molecule has 30 heavy (non-hydrogen) atoms. The maximum Gasteiger partial charge on any atom is 0.261 e. The Balaban J connectivity index is 1.43. The molecule has 1 aliphatic rings. The van der Waals surface area contributed by atoms with Crippen molar-refractivity contribution in [1.29, 1.82) is 0 Å². The molecule has 2 amide bonds. The Kier molecular flexibility index (Phi) is 5.94. The second kappa shape index (κ2) is 8.96. The lowest BCUT2D eigenvalue weighted by molar-refractivity contribution is -0.134. The number of rotatable bonds is 6. The van der Waals surface area contributed by atoms with Crippen molar-refractivity contribution in [3.05, 3.63) is 86.0 Å². The van der Waals surface area contributed by atoms with Crippen molar-refractivity contribution in [3.8, 4) is 5.75 Å². The first-order chi connectivity index (χ1) is 14.6. The number of aromatic amines is 1. The average Bonchev–Trinajstić information content (AvgIpc) is 3.30. The molecule has 7 nitrogen and oxygen atoms in total. The fraction of sp³-hybridized carbons (Fsp3) is 0.227. The minimum absolute atomic E-state index is 0.0587. The predicted molar refractivity (Wildman–Crippen MR) is 114 cm³/mol. The van der Waals surface area contributed by atoms with Gasteiger partial charge in [-0.3, -0.25) is 14.4 Å². The Bertz CT molecular complexity index is 1090. The number of nitrogens with one attached hydrogen (secondary N) is 2. The molecule has 0 saturated carbocycles. The molecule has 0 fully saturated rings. The smallest absolute Gasteiger partial charge is 0.261 e. The molecule has 0 bridgehead atoms. The van der Waals surface area contributed by atoms with Gasteiger partial charge in [-0.15, -0.1) is 11.3 Å². The Morgan fingerprint density at radius 2 is 2.00 bits per heavy atom. The summed E-state index contributed by atoms with van der Waals surface area (Å²) in [5, 5.41) is 4.75. The van der Waals surface area contributed by atoms with Crippen molar-refractivity contribution in [1.82, 2.24) is 15.2 Å². The van der Waals surface area contributed by atoms with Crippen LogP contribution < -0.4 is 15.6 Å². The third kappa shape index (κ3) is 4.44. The number of ether oxygens (including phenoxy) is 1. The van der Waals surface area contributed by atoms with Crippen LogP contribution >= 0.6 is 11.3 Å². The van der Waals surface area contributed by atoms with Crippen molar-refractivity contribution in [2.24, 2.45) is 0 Å². The van der Waals surface area contributed by atoms with Crippen LogP contribution in [-0.2, 0) is 24.3 Å². The molecule has 2 N–H and O–H groups in total. The Morgan fingerprint density at radius 3 is 2.77 bits per heavy atom. The number of thiophene rings is 1. The monoisotopic (exact) mass is 423 g/mol. The summed E-state index contributed by atoms with van der Waals surface area (Å²) < 4.78 is 5.55. The Morgan fingerprint density at radius 1 is 1.17 bits per heavy atom. The Hall–Kier alpha value is -3.39. The summed E-state index contributed by atoms with van der Waals surface area (Å²) in [6.07, 6.45) is 2.03. The van der Waals surface area contributed by atoms with Gasteiger partial charge in [-0.1, -0.05) is 24.3 Å². The highest BCUT2D eigenvalue weighted by Gasteiger charge is 2.26. The molecule has 0 atom stereocenters. The normalized spacial score (nSPS) is 12.9. The van der Waals surface area contributed by atoms with E-state index in [1.165, 1.54) is 0 Å². The fourth-order valence-corrected chi connectivity index (χ4v) is 4.09. The van der Waals surface area contributed by atoms with Crippen LogP contribution in [0.5, 0.6) is 5.75 Å². The van der Waals surface area contributed by atoms with E-state index in [2.05, 4.69) is 10.3 Å². The zero-order valence-electron chi connectivity index (χ0n) is 16.2. The molecule has 1 aliphatic heterocycles. The highest BCUT2D eigenvalue weighted by molar-refractivity contribution is 7.09. The second-order valence-corrected chi connectivity index (χ2v) is 7.96. The van der Waals surface area contributed by atoms with Crippen LogP contribution in [0.3, 0.4) is 0 Å². The van der Waals surface area contributed by atoms with Gasteiger partial charge < -0.3 is 19.9 Å². The summed E-state index contributed by atoms with van der Waals surface area (Å²) >= 11 is 1.54. The molecular formula is C22H21N3O4S. The number of nitrogens with zero attached hydrogens (tertiary/aromatic N) is 1. The fourth-order valence-electron chi connectivity index (χ4n) is 3.44. The number of aromatic nitrogens is 1. The molecule has 0 saturated heterocycles. The lowest BCUT2D eigenvalue weighted by Gasteiger charge is -2.29. The lowest BCUT2D eigenvalue weighted by atomic mass is 9.96. The second-order valence-electron chi connectivity index (χ2n) is 6.93. The molecule has 3 heterocycles. The predicted octanol–water partition coefficient (Wildman–Crippen LogP) is 2.33. The maximum absolute atomic E-state index is 12.7. The maximum atomic E-state index is 12.7. The number of hydrogen-bond acceptors (Lipinski definition) is 5. The SMILES string of the molecule is O=C(NCc1cccs1)c1c2c(c[nH]c1=O)CN(C(=O)COc1ccccc1)CC2.